The predicted molar refractivity (Wildman–Crippen MR) is 68.2 cm³/mol. The average molecular weight is 265 g/mol. The molecule has 0 atom stereocenters. The lowest BCUT2D eigenvalue weighted by Gasteiger charge is -2.06. The van der Waals surface area contributed by atoms with Gasteiger partial charge in [-0.05, 0) is 36.8 Å². The van der Waals surface area contributed by atoms with Gasteiger partial charge in [0.1, 0.15) is 11.6 Å². The fourth-order valence-corrected chi connectivity index (χ4v) is 1.74. The van der Waals surface area contributed by atoms with E-state index in [4.69, 9.17) is 17.3 Å². The van der Waals surface area contributed by atoms with Crippen LogP contribution in [-0.2, 0) is 0 Å². The first kappa shape index (κ1) is 12.5. The molecule has 2 rings (SSSR count). The van der Waals surface area contributed by atoms with Crippen molar-refractivity contribution in [2.75, 3.05) is 5.73 Å². The van der Waals surface area contributed by atoms with Crippen LogP contribution in [-0.4, -0.2) is 10.8 Å². The van der Waals surface area contributed by atoms with Crippen LogP contribution >= 0.6 is 11.6 Å². The van der Waals surface area contributed by atoms with Crippen LogP contribution in [0.4, 0.5) is 10.2 Å². The Hall–Kier alpha value is -1.94. The SMILES string of the molecule is Cc1cnc(N)c(C(=O)c2ccc(Cl)cc2F)c1. The van der Waals surface area contributed by atoms with E-state index in [-0.39, 0.29) is 22.0 Å². The van der Waals surface area contributed by atoms with E-state index in [1.54, 1.807) is 19.2 Å². The van der Waals surface area contributed by atoms with Crippen LogP contribution in [0, 0.1) is 12.7 Å². The quantitative estimate of drug-likeness (QED) is 0.849. The molecule has 2 aromatic rings. The molecule has 0 radical (unpaired) electrons. The number of hydrogen-bond donors (Lipinski definition) is 1. The number of nitrogens with two attached hydrogens (primary N) is 1. The highest BCUT2D eigenvalue weighted by molar-refractivity contribution is 6.30. The van der Waals surface area contributed by atoms with Crippen molar-refractivity contribution in [3.63, 3.8) is 0 Å². The summed E-state index contributed by atoms with van der Waals surface area (Å²) in [6.07, 6.45) is 1.55. The first-order valence-electron chi connectivity index (χ1n) is 5.21. The lowest BCUT2D eigenvalue weighted by Crippen LogP contribution is -2.09. The van der Waals surface area contributed by atoms with E-state index in [9.17, 15) is 9.18 Å². The van der Waals surface area contributed by atoms with Gasteiger partial charge in [-0.1, -0.05) is 11.6 Å². The van der Waals surface area contributed by atoms with Gasteiger partial charge in [-0.3, -0.25) is 4.79 Å². The number of aromatic nitrogens is 1. The maximum atomic E-state index is 13.7. The van der Waals surface area contributed by atoms with E-state index < -0.39 is 11.6 Å². The Morgan fingerprint density at radius 2 is 2.06 bits per heavy atom. The first-order valence-corrected chi connectivity index (χ1v) is 5.58. The molecule has 5 heteroatoms. The van der Waals surface area contributed by atoms with E-state index in [2.05, 4.69) is 4.98 Å². The van der Waals surface area contributed by atoms with Gasteiger partial charge in [0.05, 0.1) is 11.1 Å². The summed E-state index contributed by atoms with van der Waals surface area (Å²) >= 11 is 5.64. The summed E-state index contributed by atoms with van der Waals surface area (Å²) in [5.74, 6) is -1.09. The van der Waals surface area contributed by atoms with Crippen molar-refractivity contribution in [1.29, 1.82) is 0 Å². The molecule has 0 unspecified atom stereocenters. The van der Waals surface area contributed by atoms with E-state index in [1.165, 1.54) is 12.1 Å². The van der Waals surface area contributed by atoms with Crippen LogP contribution in [0.5, 0.6) is 0 Å². The monoisotopic (exact) mass is 264 g/mol. The van der Waals surface area contributed by atoms with Crippen molar-refractivity contribution in [1.82, 2.24) is 4.98 Å². The second-order valence-electron chi connectivity index (χ2n) is 3.90. The smallest absolute Gasteiger partial charge is 0.199 e. The Labute approximate surface area is 108 Å². The maximum absolute atomic E-state index is 13.7. The van der Waals surface area contributed by atoms with Gasteiger partial charge in [0.15, 0.2) is 5.78 Å². The van der Waals surface area contributed by atoms with E-state index in [0.29, 0.717) is 0 Å². The summed E-state index contributed by atoms with van der Waals surface area (Å²) in [6, 6.07) is 5.46. The van der Waals surface area contributed by atoms with Crippen molar-refractivity contribution in [3.8, 4) is 0 Å². The third-order valence-corrected chi connectivity index (χ3v) is 2.71. The number of ketones is 1. The summed E-state index contributed by atoms with van der Waals surface area (Å²) in [5, 5.41) is 0.236. The summed E-state index contributed by atoms with van der Waals surface area (Å²) in [6.45, 7) is 1.78. The summed E-state index contributed by atoms with van der Waals surface area (Å²) in [7, 11) is 0. The highest BCUT2D eigenvalue weighted by Crippen LogP contribution is 2.20. The molecule has 2 N–H and O–H groups in total. The van der Waals surface area contributed by atoms with Gasteiger partial charge in [0, 0.05) is 11.2 Å². The summed E-state index contributed by atoms with van der Waals surface area (Å²) in [4.78, 5) is 16.0. The first-order chi connectivity index (χ1) is 8.49. The second kappa shape index (κ2) is 4.74. The Bertz CT molecular complexity index is 628. The van der Waals surface area contributed by atoms with Crippen LogP contribution in [0.25, 0.3) is 0 Å². The molecule has 92 valence electrons. The Morgan fingerprint density at radius 1 is 1.33 bits per heavy atom. The minimum atomic E-state index is -0.673. The molecule has 0 spiro atoms. The van der Waals surface area contributed by atoms with Crippen LogP contribution in [0.2, 0.25) is 5.02 Å². The minimum Gasteiger partial charge on any atom is -0.383 e. The lowest BCUT2D eigenvalue weighted by molar-refractivity contribution is 0.103. The third kappa shape index (κ3) is 2.33. The largest absolute Gasteiger partial charge is 0.383 e. The number of anilines is 1. The van der Waals surface area contributed by atoms with E-state index in [0.717, 1.165) is 11.6 Å². The molecule has 0 aliphatic carbocycles. The van der Waals surface area contributed by atoms with Gasteiger partial charge < -0.3 is 5.73 Å². The number of carbonyl (C=O) groups excluding carboxylic acids is 1. The number of aryl methyl sites for hydroxylation is 1. The Balaban J connectivity index is 2.51. The van der Waals surface area contributed by atoms with Crippen molar-refractivity contribution >= 4 is 23.2 Å². The maximum Gasteiger partial charge on any atom is 0.199 e. The molecule has 0 bridgehead atoms. The minimum absolute atomic E-state index is 0.0708. The van der Waals surface area contributed by atoms with Gasteiger partial charge in [-0.25, -0.2) is 9.37 Å². The molecule has 0 aliphatic heterocycles. The van der Waals surface area contributed by atoms with Crippen LogP contribution < -0.4 is 5.73 Å². The molecule has 1 aromatic heterocycles. The topological polar surface area (TPSA) is 56.0 Å². The number of nitrogens with zero attached hydrogens (tertiary/aromatic N) is 1. The predicted octanol–water partition coefficient (Wildman–Crippen LogP) is 3.00. The molecule has 3 nitrogen and oxygen atoms in total. The molecule has 0 saturated carbocycles. The molecule has 0 fully saturated rings. The van der Waals surface area contributed by atoms with Crippen molar-refractivity contribution < 1.29 is 9.18 Å². The fourth-order valence-electron chi connectivity index (χ4n) is 1.58. The summed E-state index contributed by atoms with van der Waals surface area (Å²) in [5.41, 5.74) is 6.53. The number of rotatable bonds is 2. The Kier molecular flexibility index (Phi) is 3.30. The highest BCUT2D eigenvalue weighted by atomic mass is 35.5. The van der Waals surface area contributed by atoms with Gasteiger partial charge in [-0.2, -0.15) is 0 Å². The van der Waals surface area contributed by atoms with Crippen LogP contribution in [0.1, 0.15) is 21.5 Å². The zero-order valence-electron chi connectivity index (χ0n) is 9.58. The molecule has 18 heavy (non-hydrogen) atoms. The van der Waals surface area contributed by atoms with Crippen LogP contribution in [0.3, 0.4) is 0 Å². The third-order valence-electron chi connectivity index (χ3n) is 2.48. The van der Waals surface area contributed by atoms with Gasteiger partial charge in [-0.15, -0.1) is 0 Å². The van der Waals surface area contributed by atoms with Gasteiger partial charge >= 0.3 is 0 Å². The molecular formula is C13H10ClFN2O. The van der Waals surface area contributed by atoms with Crippen molar-refractivity contribution in [2.24, 2.45) is 0 Å². The highest BCUT2D eigenvalue weighted by Gasteiger charge is 2.17. The van der Waals surface area contributed by atoms with Gasteiger partial charge in [0.25, 0.3) is 0 Å². The molecule has 0 aliphatic rings. The standard InChI is InChI=1S/C13H10ClFN2O/c1-7-4-10(13(16)17-6-7)12(18)9-3-2-8(14)5-11(9)15/h2-6H,1H3,(H2,16,17). The molecular weight excluding hydrogens is 255 g/mol. The number of pyridine rings is 1. The zero-order chi connectivity index (χ0) is 13.3. The normalized spacial score (nSPS) is 10.4. The van der Waals surface area contributed by atoms with Crippen molar-refractivity contribution in [3.05, 3.63) is 58.0 Å². The van der Waals surface area contributed by atoms with Crippen LogP contribution in [0.15, 0.2) is 30.5 Å². The number of carbonyl (C=O) groups is 1. The zero-order valence-corrected chi connectivity index (χ0v) is 10.3. The number of benzene rings is 1. The molecule has 1 heterocycles. The summed E-state index contributed by atoms with van der Waals surface area (Å²) < 4.78 is 13.7. The fraction of sp³-hybridized carbons (Fsp3) is 0.0769. The number of hydrogen-bond acceptors (Lipinski definition) is 3. The average Bonchev–Trinajstić information content (AvgIpc) is 2.31. The molecule has 0 saturated heterocycles. The lowest BCUT2D eigenvalue weighted by atomic mass is 10.0. The van der Waals surface area contributed by atoms with E-state index in [1.807, 2.05) is 0 Å². The van der Waals surface area contributed by atoms with Gasteiger partial charge in [0.2, 0.25) is 0 Å². The molecule has 1 aromatic carbocycles. The second-order valence-corrected chi connectivity index (χ2v) is 4.34. The Morgan fingerprint density at radius 3 is 2.72 bits per heavy atom. The number of nitrogen functional groups attached to an aromatic ring is 1. The number of halogens is 2. The van der Waals surface area contributed by atoms with Crippen molar-refractivity contribution in [2.45, 2.75) is 6.92 Å². The van der Waals surface area contributed by atoms with E-state index >= 15 is 0 Å². The molecule has 0 amide bonds.